The second-order valence-corrected chi connectivity index (χ2v) is 4.88. The SMILES string of the molecule is COCCOCCCN(CC(N)=O)Cc1cccc(N)c1. The summed E-state index contributed by atoms with van der Waals surface area (Å²) in [6.45, 7) is 3.43. The molecule has 0 heterocycles. The number of hydrogen-bond donors (Lipinski definition) is 2. The number of primary amides is 1. The predicted molar refractivity (Wildman–Crippen MR) is 82.6 cm³/mol. The van der Waals surface area contributed by atoms with Gasteiger partial charge in [0.05, 0.1) is 19.8 Å². The van der Waals surface area contributed by atoms with Crippen LogP contribution in [0, 0.1) is 0 Å². The van der Waals surface area contributed by atoms with E-state index >= 15 is 0 Å². The van der Waals surface area contributed by atoms with Crippen molar-refractivity contribution in [2.45, 2.75) is 13.0 Å². The lowest BCUT2D eigenvalue weighted by molar-refractivity contribution is -0.119. The molecule has 6 nitrogen and oxygen atoms in total. The first kappa shape index (κ1) is 17.4. The highest BCUT2D eigenvalue weighted by Crippen LogP contribution is 2.09. The lowest BCUT2D eigenvalue weighted by atomic mass is 10.2. The molecule has 0 saturated heterocycles. The zero-order chi connectivity index (χ0) is 15.5. The van der Waals surface area contributed by atoms with E-state index in [-0.39, 0.29) is 12.5 Å². The van der Waals surface area contributed by atoms with E-state index in [9.17, 15) is 4.79 Å². The maximum Gasteiger partial charge on any atom is 0.231 e. The van der Waals surface area contributed by atoms with Gasteiger partial charge in [-0.3, -0.25) is 9.69 Å². The van der Waals surface area contributed by atoms with Crippen molar-refractivity contribution in [3.8, 4) is 0 Å². The average Bonchev–Trinajstić information content (AvgIpc) is 2.42. The molecule has 118 valence electrons. The van der Waals surface area contributed by atoms with E-state index < -0.39 is 0 Å². The van der Waals surface area contributed by atoms with Gasteiger partial charge in [-0.25, -0.2) is 0 Å². The molecule has 6 heteroatoms. The maximum absolute atomic E-state index is 11.1. The summed E-state index contributed by atoms with van der Waals surface area (Å²) in [5, 5.41) is 0. The second-order valence-electron chi connectivity index (χ2n) is 4.88. The van der Waals surface area contributed by atoms with Gasteiger partial charge in [-0.05, 0) is 24.1 Å². The van der Waals surface area contributed by atoms with Crippen molar-refractivity contribution >= 4 is 11.6 Å². The number of carbonyl (C=O) groups excluding carboxylic acids is 1. The monoisotopic (exact) mass is 295 g/mol. The molecule has 0 aromatic heterocycles. The van der Waals surface area contributed by atoms with Crippen LogP contribution >= 0.6 is 0 Å². The van der Waals surface area contributed by atoms with Crippen LogP contribution in [-0.4, -0.2) is 50.8 Å². The number of carbonyl (C=O) groups is 1. The van der Waals surface area contributed by atoms with Crippen molar-refractivity contribution in [2.24, 2.45) is 5.73 Å². The number of anilines is 1. The minimum absolute atomic E-state index is 0.229. The molecule has 0 unspecified atom stereocenters. The predicted octanol–water partition coefficient (Wildman–Crippen LogP) is 0.609. The van der Waals surface area contributed by atoms with Gasteiger partial charge in [0, 0.05) is 32.5 Å². The molecule has 0 fully saturated rings. The van der Waals surface area contributed by atoms with Gasteiger partial charge < -0.3 is 20.9 Å². The van der Waals surface area contributed by atoms with E-state index in [2.05, 4.69) is 0 Å². The number of hydrogen-bond acceptors (Lipinski definition) is 5. The standard InChI is InChI=1S/C15H25N3O3/c1-20-8-9-21-7-3-6-18(12-15(17)19)11-13-4-2-5-14(16)10-13/h2,4-5,10H,3,6-9,11-12,16H2,1H3,(H2,17,19). The normalized spacial score (nSPS) is 11.0. The Labute approximate surface area is 126 Å². The molecule has 0 radical (unpaired) electrons. The first-order valence-corrected chi connectivity index (χ1v) is 7.03. The molecule has 21 heavy (non-hydrogen) atoms. The van der Waals surface area contributed by atoms with Crippen LogP contribution < -0.4 is 11.5 Å². The number of nitrogens with zero attached hydrogens (tertiary/aromatic N) is 1. The Morgan fingerprint density at radius 3 is 2.76 bits per heavy atom. The van der Waals surface area contributed by atoms with Crippen molar-refractivity contribution in [1.82, 2.24) is 4.90 Å². The number of nitrogen functional groups attached to an aromatic ring is 1. The van der Waals surface area contributed by atoms with Crippen LogP contribution in [0.2, 0.25) is 0 Å². The summed E-state index contributed by atoms with van der Waals surface area (Å²) in [5.41, 5.74) is 12.8. The Bertz CT molecular complexity index is 426. The smallest absolute Gasteiger partial charge is 0.231 e. The lowest BCUT2D eigenvalue weighted by Gasteiger charge is -2.21. The van der Waals surface area contributed by atoms with E-state index in [4.69, 9.17) is 20.9 Å². The fraction of sp³-hybridized carbons (Fsp3) is 0.533. The van der Waals surface area contributed by atoms with Gasteiger partial charge >= 0.3 is 0 Å². The summed E-state index contributed by atoms with van der Waals surface area (Å²) in [7, 11) is 1.64. The average molecular weight is 295 g/mol. The summed E-state index contributed by atoms with van der Waals surface area (Å²) in [4.78, 5) is 13.1. The molecule has 0 atom stereocenters. The molecule has 1 amide bonds. The van der Waals surface area contributed by atoms with Crippen LogP contribution in [-0.2, 0) is 20.8 Å². The fourth-order valence-electron chi connectivity index (χ4n) is 2.02. The van der Waals surface area contributed by atoms with Gasteiger partial charge in [-0.1, -0.05) is 12.1 Å². The molecular weight excluding hydrogens is 270 g/mol. The maximum atomic E-state index is 11.1. The van der Waals surface area contributed by atoms with Gasteiger partial charge in [0.15, 0.2) is 0 Å². The summed E-state index contributed by atoms with van der Waals surface area (Å²) in [6.07, 6.45) is 0.833. The second kappa shape index (κ2) is 10.1. The summed E-state index contributed by atoms with van der Waals surface area (Å²) >= 11 is 0. The molecule has 1 rings (SSSR count). The molecule has 1 aromatic carbocycles. The Morgan fingerprint density at radius 2 is 2.10 bits per heavy atom. The highest BCUT2D eigenvalue weighted by molar-refractivity contribution is 5.75. The minimum atomic E-state index is -0.334. The number of rotatable bonds is 11. The molecule has 1 aromatic rings. The minimum Gasteiger partial charge on any atom is -0.399 e. The largest absolute Gasteiger partial charge is 0.399 e. The van der Waals surface area contributed by atoms with E-state index in [1.165, 1.54) is 0 Å². The van der Waals surface area contributed by atoms with E-state index in [1.807, 2.05) is 29.2 Å². The number of methoxy groups -OCH3 is 1. The number of amides is 1. The fourth-order valence-corrected chi connectivity index (χ4v) is 2.02. The van der Waals surface area contributed by atoms with E-state index in [1.54, 1.807) is 7.11 Å². The topological polar surface area (TPSA) is 90.8 Å². The van der Waals surface area contributed by atoms with E-state index in [0.29, 0.717) is 26.4 Å². The third-order valence-corrected chi connectivity index (χ3v) is 2.93. The molecule has 0 bridgehead atoms. The zero-order valence-corrected chi connectivity index (χ0v) is 12.6. The van der Waals surface area contributed by atoms with Gasteiger partial charge in [0.1, 0.15) is 0 Å². The van der Waals surface area contributed by atoms with Gasteiger partial charge in [-0.2, -0.15) is 0 Å². The Balaban J connectivity index is 2.39. The van der Waals surface area contributed by atoms with Gasteiger partial charge in [0.25, 0.3) is 0 Å². The van der Waals surface area contributed by atoms with E-state index in [0.717, 1.165) is 24.2 Å². The third kappa shape index (κ3) is 8.29. The van der Waals surface area contributed by atoms with Crippen molar-refractivity contribution in [2.75, 3.05) is 45.8 Å². The molecule has 0 aliphatic rings. The summed E-state index contributed by atoms with van der Waals surface area (Å²) in [5.74, 6) is -0.334. The quantitative estimate of drug-likeness (QED) is 0.461. The highest BCUT2D eigenvalue weighted by atomic mass is 16.5. The third-order valence-electron chi connectivity index (χ3n) is 2.93. The Kier molecular flexibility index (Phi) is 8.42. The van der Waals surface area contributed by atoms with Crippen LogP contribution in [0.15, 0.2) is 24.3 Å². The van der Waals surface area contributed by atoms with Gasteiger partial charge in [0.2, 0.25) is 5.91 Å². The lowest BCUT2D eigenvalue weighted by Crippen LogP contribution is -2.34. The molecule has 4 N–H and O–H groups in total. The highest BCUT2D eigenvalue weighted by Gasteiger charge is 2.09. The molecule has 0 aliphatic heterocycles. The number of ether oxygens (including phenoxy) is 2. The molecule has 0 aliphatic carbocycles. The zero-order valence-electron chi connectivity index (χ0n) is 12.6. The Hall–Kier alpha value is -1.63. The van der Waals surface area contributed by atoms with Crippen LogP contribution in [0.4, 0.5) is 5.69 Å². The molecule has 0 spiro atoms. The molecular formula is C15H25N3O3. The van der Waals surface area contributed by atoms with Crippen LogP contribution in [0.3, 0.4) is 0 Å². The van der Waals surface area contributed by atoms with Crippen molar-refractivity contribution < 1.29 is 14.3 Å². The Morgan fingerprint density at radius 1 is 1.29 bits per heavy atom. The summed E-state index contributed by atoms with van der Waals surface area (Å²) in [6, 6.07) is 7.63. The van der Waals surface area contributed by atoms with Crippen molar-refractivity contribution in [3.63, 3.8) is 0 Å². The van der Waals surface area contributed by atoms with Crippen LogP contribution in [0.1, 0.15) is 12.0 Å². The summed E-state index contributed by atoms with van der Waals surface area (Å²) < 4.78 is 10.3. The first-order valence-electron chi connectivity index (χ1n) is 7.03. The van der Waals surface area contributed by atoms with Crippen molar-refractivity contribution in [3.05, 3.63) is 29.8 Å². The van der Waals surface area contributed by atoms with Crippen LogP contribution in [0.5, 0.6) is 0 Å². The molecule has 0 saturated carbocycles. The van der Waals surface area contributed by atoms with Gasteiger partial charge in [-0.15, -0.1) is 0 Å². The number of nitrogens with two attached hydrogens (primary N) is 2. The first-order chi connectivity index (χ1) is 10.1. The van der Waals surface area contributed by atoms with Crippen molar-refractivity contribution in [1.29, 1.82) is 0 Å². The number of benzene rings is 1. The van der Waals surface area contributed by atoms with Crippen LogP contribution in [0.25, 0.3) is 0 Å².